The van der Waals surface area contributed by atoms with E-state index in [0.29, 0.717) is 6.54 Å². The molecule has 0 bridgehead atoms. The number of nitrogens with zero attached hydrogens (tertiary/aromatic N) is 1. The van der Waals surface area contributed by atoms with Crippen molar-refractivity contribution in [3.05, 3.63) is 0 Å². The predicted octanol–water partition coefficient (Wildman–Crippen LogP) is 0.245. The normalized spacial score (nSPS) is 31.1. The smallest absolute Gasteiger partial charge is 0.240 e. The quantitative estimate of drug-likeness (QED) is 0.436. The molecule has 0 aromatic rings. The molecule has 7 nitrogen and oxygen atoms in total. The van der Waals surface area contributed by atoms with Crippen molar-refractivity contribution in [3.63, 3.8) is 0 Å². The van der Waals surface area contributed by atoms with Gasteiger partial charge in [-0.2, -0.15) is 0 Å². The molecule has 0 aromatic carbocycles. The molecule has 1 heterocycles. The van der Waals surface area contributed by atoms with Crippen LogP contribution in [0.5, 0.6) is 0 Å². The van der Waals surface area contributed by atoms with Gasteiger partial charge in [0, 0.05) is 5.54 Å². The minimum Gasteiger partial charge on any atom is -0.395 e. The van der Waals surface area contributed by atoms with Gasteiger partial charge in [0.25, 0.3) is 0 Å². The van der Waals surface area contributed by atoms with Crippen LogP contribution in [0.2, 0.25) is 0 Å². The van der Waals surface area contributed by atoms with Crippen molar-refractivity contribution in [3.8, 4) is 0 Å². The van der Waals surface area contributed by atoms with Gasteiger partial charge in [-0.15, -0.1) is 0 Å². The van der Waals surface area contributed by atoms with Crippen molar-refractivity contribution in [2.45, 2.75) is 96.7 Å². The summed E-state index contributed by atoms with van der Waals surface area (Å²) in [6.45, 7) is 12.2. The molecule has 26 heavy (non-hydrogen) atoms. The Labute approximate surface area is 157 Å². The summed E-state index contributed by atoms with van der Waals surface area (Å²) < 4.78 is 0. The molecule has 1 fully saturated rings. The molecule has 1 aliphatic rings. The number of hydrogen-bond acceptors (Lipinski definition) is 6. The Balaban J connectivity index is 3.07. The van der Waals surface area contributed by atoms with Crippen LogP contribution in [0.3, 0.4) is 0 Å². The average Bonchev–Trinajstić information content (AvgIpc) is 2.47. The molecule has 1 amide bonds. The highest BCUT2D eigenvalue weighted by atomic mass is 16.4. The number of carbonyl (C=O) groups is 1. The number of aliphatic hydroxyl groups is 4. The Morgan fingerprint density at radius 2 is 1.62 bits per heavy atom. The lowest BCUT2D eigenvalue weighted by molar-refractivity contribution is -0.179. The molecule has 1 rings (SSSR count). The number of aliphatic hydroxyl groups excluding tert-OH is 4. The van der Waals surface area contributed by atoms with Crippen molar-refractivity contribution in [1.82, 2.24) is 10.2 Å². The monoisotopic (exact) mass is 374 g/mol. The maximum atomic E-state index is 13.0. The van der Waals surface area contributed by atoms with E-state index in [1.54, 1.807) is 4.90 Å². The summed E-state index contributed by atoms with van der Waals surface area (Å²) in [7, 11) is 0. The highest BCUT2D eigenvalue weighted by molar-refractivity contribution is 5.83. The molecule has 0 saturated carbocycles. The largest absolute Gasteiger partial charge is 0.395 e. The van der Waals surface area contributed by atoms with Gasteiger partial charge >= 0.3 is 0 Å². The van der Waals surface area contributed by atoms with E-state index in [1.165, 1.54) is 0 Å². The molecule has 0 aliphatic carbocycles. The van der Waals surface area contributed by atoms with E-state index in [9.17, 15) is 25.2 Å². The van der Waals surface area contributed by atoms with Gasteiger partial charge in [0.2, 0.25) is 5.91 Å². The average molecular weight is 375 g/mol. The van der Waals surface area contributed by atoms with E-state index < -0.39 is 48.4 Å². The second-order valence-corrected chi connectivity index (χ2v) is 9.37. The van der Waals surface area contributed by atoms with Crippen molar-refractivity contribution in [2.75, 3.05) is 13.2 Å². The first-order chi connectivity index (χ1) is 11.8. The van der Waals surface area contributed by atoms with E-state index in [-0.39, 0.29) is 5.41 Å². The van der Waals surface area contributed by atoms with Gasteiger partial charge in [-0.3, -0.25) is 9.69 Å². The number of nitrogens with one attached hydrogen (secondary N) is 1. The van der Waals surface area contributed by atoms with Crippen LogP contribution in [-0.4, -0.2) is 80.3 Å². The standard InChI is InChI=1S/C19H38N2O5/c1-7-8-9-21-12(10-22)14(23)16(25)15(24)13(21)17(26)20-19(5,6)11-18(2,3)4/h12-16,22-25H,7-11H2,1-6H3,(H,20,26)/t12-,13+,14-,15+,16+/m1/s1. The topological polar surface area (TPSA) is 113 Å². The van der Waals surface area contributed by atoms with Crippen molar-refractivity contribution >= 4 is 5.91 Å². The Hall–Kier alpha value is -0.730. The lowest BCUT2D eigenvalue weighted by Crippen LogP contribution is -2.71. The Morgan fingerprint density at radius 3 is 2.08 bits per heavy atom. The molecular weight excluding hydrogens is 336 g/mol. The number of unbranched alkanes of at least 4 members (excludes halogenated alkanes) is 1. The number of amides is 1. The third-order valence-corrected chi connectivity index (χ3v) is 4.86. The molecule has 154 valence electrons. The van der Waals surface area contributed by atoms with Crippen molar-refractivity contribution < 1.29 is 25.2 Å². The Kier molecular flexibility index (Phi) is 8.04. The summed E-state index contributed by atoms with van der Waals surface area (Å²) in [4.78, 5) is 14.6. The Morgan fingerprint density at radius 1 is 1.04 bits per heavy atom. The van der Waals surface area contributed by atoms with Crippen LogP contribution < -0.4 is 5.32 Å². The second kappa shape index (κ2) is 8.97. The lowest BCUT2D eigenvalue weighted by atomic mass is 9.81. The molecule has 7 heteroatoms. The van der Waals surface area contributed by atoms with E-state index in [4.69, 9.17) is 0 Å². The van der Waals surface area contributed by atoms with Gasteiger partial charge in [-0.25, -0.2) is 0 Å². The third-order valence-electron chi connectivity index (χ3n) is 4.86. The first-order valence-corrected chi connectivity index (χ1v) is 9.57. The summed E-state index contributed by atoms with van der Waals surface area (Å²) in [6.07, 6.45) is -1.85. The highest BCUT2D eigenvalue weighted by Crippen LogP contribution is 2.29. The summed E-state index contributed by atoms with van der Waals surface area (Å²) in [5, 5.41) is 43.6. The maximum Gasteiger partial charge on any atom is 0.240 e. The molecule has 0 aromatic heterocycles. The number of piperidine rings is 1. The maximum absolute atomic E-state index is 13.0. The highest BCUT2D eigenvalue weighted by Gasteiger charge is 2.50. The minimum absolute atomic E-state index is 0.00714. The summed E-state index contributed by atoms with van der Waals surface area (Å²) in [5.74, 6) is -0.396. The van der Waals surface area contributed by atoms with Crippen molar-refractivity contribution in [1.29, 1.82) is 0 Å². The second-order valence-electron chi connectivity index (χ2n) is 9.37. The molecule has 0 unspecified atom stereocenters. The van der Waals surface area contributed by atoms with Gasteiger partial charge in [-0.05, 0) is 38.6 Å². The zero-order valence-corrected chi connectivity index (χ0v) is 17.1. The zero-order valence-electron chi connectivity index (χ0n) is 17.1. The number of carbonyl (C=O) groups excluding carboxylic acids is 1. The first kappa shape index (κ1) is 23.3. The zero-order chi connectivity index (χ0) is 20.3. The summed E-state index contributed by atoms with van der Waals surface area (Å²) in [5.41, 5.74) is -0.492. The van der Waals surface area contributed by atoms with Crippen LogP contribution >= 0.6 is 0 Å². The fraction of sp³-hybridized carbons (Fsp3) is 0.947. The Bertz CT molecular complexity index is 463. The fourth-order valence-corrected chi connectivity index (χ4v) is 4.16. The predicted molar refractivity (Wildman–Crippen MR) is 101 cm³/mol. The first-order valence-electron chi connectivity index (χ1n) is 9.57. The van der Waals surface area contributed by atoms with Crippen LogP contribution in [0.25, 0.3) is 0 Å². The molecule has 0 radical (unpaired) electrons. The van der Waals surface area contributed by atoms with Gasteiger partial charge < -0.3 is 25.7 Å². The van der Waals surface area contributed by atoms with Crippen LogP contribution in [0.1, 0.15) is 60.8 Å². The van der Waals surface area contributed by atoms with Crippen LogP contribution in [0.15, 0.2) is 0 Å². The number of rotatable bonds is 7. The lowest BCUT2D eigenvalue weighted by Gasteiger charge is -2.48. The van der Waals surface area contributed by atoms with E-state index >= 15 is 0 Å². The van der Waals surface area contributed by atoms with Crippen LogP contribution in [0.4, 0.5) is 0 Å². The molecule has 5 N–H and O–H groups in total. The SMILES string of the molecule is CCCCN1[C@H](CO)[C@@H](O)[C@H](O)[C@@H](O)[C@H]1C(=O)NC(C)(C)CC(C)(C)C. The van der Waals surface area contributed by atoms with Crippen molar-refractivity contribution in [2.24, 2.45) is 5.41 Å². The fourth-order valence-electron chi connectivity index (χ4n) is 4.16. The summed E-state index contributed by atoms with van der Waals surface area (Å²) >= 11 is 0. The minimum atomic E-state index is -1.48. The summed E-state index contributed by atoms with van der Waals surface area (Å²) in [6, 6.07) is -1.81. The number of hydrogen-bond donors (Lipinski definition) is 5. The third kappa shape index (κ3) is 5.89. The van der Waals surface area contributed by atoms with Gasteiger partial charge in [0.15, 0.2) is 0 Å². The van der Waals surface area contributed by atoms with Gasteiger partial charge in [0.05, 0.1) is 12.6 Å². The molecule has 5 atom stereocenters. The van der Waals surface area contributed by atoms with E-state index in [2.05, 4.69) is 26.1 Å². The molecule has 0 spiro atoms. The van der Waals surface area contributed by atoms with E-state index in [0.717, 1.165) is 19.3 Å². The number of likely N-dealkylation sites (tertiary alicyclic amines) is 1. The van der Waals surface area contributed by atoms with Gasteiger partial charge in [0.1, 0.15) is 24.4 Å². The molecular formula is C19H38N2O5. The van der Waals surface area contributed by atoms with E-state index in [1.807, 2.05) is 20.8 Å². The van der Waals surface area contributed by atoms with Crippen LogP contribution in [-0.2, 0) is 4.79 Å². The van der Waals surface area contributed by atoms with Gasteiger partial charge in [-0.1, -0.05) is 34.1 Å². The molecule has 1 saturated heterocycles. The molecule has 1 aliphatic heterocycles. The van der Waals surface area contributed by atoms with Crippen LogP contribution in [0, 0.1) is 5.41 Å².